The molecule has 1 amide bonds. The Morgan fingerprint density at radius 3 is 2.43 bits per heavy atom. The lowest BCUT2D eigenvalue weighted by atomic mass is 9.55. The van der Waals surface area contributed by atoms with Crippen LogP contribution in [0.3, 0.4) is 0 Å². The zero-order valence-electron chi connectivity index (χ0n) is 19.1. The molecule has 7 N–H and O–H groups in total. The minimum atomic E-state index is -2.81. The van der Waals surface area contributed by atoms with Crippen molar-refractivity contribution in [3.05, 3.63) is 46.2 Å². The van der Waals surface area contributed by atoms with E-state index in [-0.39, 0.29) is 16.9 Å². The van der Waals surface area contributed by atoms with Gasteiger partial charge in [0, 0.05) is 23.8 Å². The van der Waals surface area contributed by atoms with Gasteiger partial charge in [-0.25, -0.2) is 0 Å². The van der Waals surface area contributed by atoms with E-state index in [2.05, 4.69) is 0 Å². The average molecular weight is 484 g/mol. The fourth-order valence-corrected chi connectivity index (χ4v) is 6.83. The lowest BCUT2D eigenvalue weighted by Crippen LogP contribution is -2.64. The normalized spacial score (nSPS) is 33.0. The number of benzene rings is 1. The molecule has 0 aromatic heterocycles. The number of fused-ring (bicyclic) bond motifs is 3. The number of nitrogens with two attached hydrogens (primary N) is 1. The maximum atomic E-state index is 13.8. The first-order chi connectivity index (χ1) is 16.6. The molecule has 1 aromatic rings. The Morgan fingerprint density at radius 2 is 1.77 bits per heavy atom. The van der Waals surface area contributed by atoms with Crippen molar-refractivity contribution in [2.24, 2.45) is 23.5 Å². The van der Waals surface area contributed by atoms with Gasteiger partial charge in [0.25, 0.3) is 5.91 Å². The Bertz CT molecular complexity index is 1190. The fraction of sp³-hybridized carbons (Fsp3) is 0.500. The van der Waals surface area contributed by atoms with E-state index in [0.717, 1.165) is 32.1 Å². The molecule has 0 bridgehead atoms. The molecule has 0 spiro atoms. The largest absolute Gasteiger partial charge is 0.508 e. The number of aliphatic hydroxyl groups is 4. The van der Waals surface area contributed by atoms with Gasteiger partial charge in [-0.15, -0.1) is 0 Å². The first kappa shape index (κ1) is 23.6. The molecular formula is C26H29NO8. The third-order valence-corrected chi connectivity index (χ3v) is 8.53. The van der Waals surface area contributed by atoms with Crippen LogP contribution in [0.25, 0.3) is 5.76 Å². The molecule has 2 fully saturated rings. The number of amides is 1. The fourth-order valence-electron chi connectivity index (χ4n) is 6.83. The average Bonchev–Trinajstić information content (AvgIpc) is 3.32. The van der Waals surface area contributed by atoms with E-state index in [1.807, 2.05) is 0 Å². The summed E-state index contributed by atoms with van der Waals surface area (Å²) in [6, 6.07) is 4.72. The number of hydrogen-bond donors (Lipinski definition) is 6. The minimum absolute atomic E-state index is 0.0447. The summed E-state index contributed by atoms with van der Waals surface area (Å²) in [4.78, 5) is 38.2. The molecular weight excluding hydrogens is 454 g/mol. The number of phenolic OH excluding ortho intramolecular Hbond substituents is 1. The number of aromatic hydroxyl groups is 1. The minimum Gasteiger partial charge on any atom is -0.508 e. The molecule has 5 unspecified atom stereocenters. The lowest BCUT2D eigenvalue weighted by Gasteiger charge is -2.51. The molecule has 4 aliphatic rings. The molecule has 186 valence electrons. The summed E-state index contributed by atoms with van der Waals surface area (Å²) in [5.74, 6) is -7.74. The topological polar surface area (TPSA) is 178 Å². The highest BCUT2D eigenvalue weighted by Gasteiger charge is 2.65. The highest BCUT2D eigenvalue weighted by molar-refractivity contribution is 6.22. The van der Waals surface area contributed by atoms with Gasteiger partial charge >= 0.3 is 0 Å². The van der Waals surface area contributed by atoms with Crippen LogP contribution in [0.2, 0.25) is 0 Å². The van der Waals surface area contributed by atoms with Crippen LogP contribution in [0.4, 0.5) is 0 Å². The Hall–Kier alpha value is -3.17. The SMILES string of the molecule is NC(=O)C1=C(O)C2(O)C(=O)C3=C(O)c4c(O)cccc4C(CCC4CCCC4)C3C(O)C2CC1=O. The standard InChI is InChI=1S/C26H29NO8/c27-25(34)19-16(29)10-14-21(30)18-13(9-8-11-4-1-2-5-11)12-6-3-7-15(28)17(12)22(31)20(18)24(33)26(14,35)23(19)32/h3,6-7,11,13-14,18,21,28,30-32,35H,1-2,4-5,8-10H2,(H2,27,34). The molecule has 4 aliphatic carbocycles. The van der Waals surface area contributed by atoms with Gasteiger partial charge < -0.3 is 31.3 Å². The van der Waals surface area contributed by atoms with Crippen molar-refractivity contribution >= 4 is 23.2 Å². The lowest BCUT2D eigenvalue weighted by molar-refractivity contribution is -0.161. The highest BCUT2D eigenvalue weighted by atomic mass is 16.4. The maximum absolute atomic E-state index is 13.8. The zero-order valence-corrected chi connectivity index (χ0v) is 19.1. The van der Waals surface area contributed by atoms with Gasteiger partial charge in [0.1, 0.15) is 22.8 Å². The van der Waals surface area contributed by atoms with E-state index >= 15 is 0 Å². The molecule has 9 heteroatoms. The van der Waals surface area contributed by atoms with Crippen LogP contribution in [0.1, 0.15) is 62.0 Å². The smallest absolute Gasteiger partial charge is 0.255 e. The van der Waals surface area contributed by atoms with Crippen molar-refractivity contribution in [2.75, 3.05) is 0 Å². The van der Waals surface area contributed by atoms with Crippen molar-refractivity contribution in [3.8, 4) is 5.75 Å². The summed E-state index contributed by atoms with van der Waals surface area (Å²) in [5, 5.41) is 55.4. The van der Waals surface area contributed by atoms with E-state index in [4.69, 9.17) is 5.73 Å². The van der Waals surface area contributed by atoms with Gasteiger partial charge in [0.2, 0.25) is 5.78 Å². The van der Waals surface area contributed by atoms with Crippen molar-refractivity contribution in [1.82, 2.24) is 0 Å². The second-order valence-corrected chi connectivity index (χ2v) is 10.3. The molecule has 9 nitrogen and oxygen atoms in total. The molecule has 2 saturated carbocycles. The van der Waals surface area contributed by atoms with Gasteiger partial charge in [-0.05, 0) is 36.3 Å². The van der Waals surface area contributed by atoms with E-state index in [0.29, 0.717) is 17.9 Å². The molecule has 0 saturated heterocycles. The van der Waals surface area contributed by atoms with Gasteiger partial charge in [-0.3, -0.25) is 14.4 Å². The molecule has 5 atom stereocenters. The van der Waals surface area contributed by atoms with Gasteiger partial charge in [0.05, 0.1) is 11.7 Å². The summed E-state index contributed by atoms with van der Waals surface area (Å²) in [6.07, 6.45) is 3.77. The number of rotatable bonds is 4. The predicted molar refractivity (Wildman–Crippen MR) is 123 cm³/mol. The Balaban J connectivity index is 1.68. The predicted octanol–water partition coefficient (Wildman–Crippen LogP) is 1.91. The summed E-state index contributed by atoms with van der Waals surface area (Å²) < 4.78 is 0. The second-order valence-electron chi connectivity index (χ2n) is 10.3. The highest BCUT2D eigenvalue weighted by Crippen LogP contribution is 2.57. The van der Waals surface area contributed by atoms with Crippen LogP contribution in [0.15, 0.2) is 35.1 Å². The number of phenols is 1. The Labute approximate surface area is 201 Å². The molecule has 0 radical (unpaired) electrons. The number of primary amides is 1. The third kappa shape index (κ3) is 3.25. The summed E-state index contributed by atoms with van der Waals surface area (Å²) in [7, 11) is 0. The molecule has 0 heterocycles. The number of ketones is 2. The number of hydrogen-bond acceptors (Lipinski definition) is 8. The van der Waals surface area contributed by atoms with Crippen LogP contribution in [0.5, 0.6) is 5.75 Å². The number of carbonyl (C=O) groups is 3. The van der Waals surface area contributed by atoms with Crippen LogP contribution in [0, 0.1) is 17.8 Å². The summed E-state index contributed by atoms with van der Waals surface area (Å²) in [6.45, 7) is 0. The van der Waals surface area contributed by atoms with Gasteiger partial charge in [0.15, 0.2) is 11.4 Å². The Kier molecular flexibility index (Phi) is 5.52. The van der Waals surface area contributed by atoms with E-state index in [1.165, 1.54) is 6.07 Å². The zero-order chi connectivity index (χ0) is 25.2. The van der Waals surface area contributed by atoms with Crippen molar-refractivity contribution < 1.29 is 39.9 Å². The number of aliphatic hydroxyl groups excluding tert-OH is 3. The van der Waals surface area contributed by atoms with Crippen molar-refractivity contribution in [3.63, 3.8) is 0 Å². The quantitative estimate of drug-likeness (QED) is 0.352. The third-order valence-electron chi connectivity index (χ3n) is 8.53. The van der Waals surface area contributed by atoms with Gasteiger partial charge in [-0.1, -0.05) is 37.8 Å². The van der Waals surface area contributed by atoms with Crippen LogP contribution < -0.4 is 5.73 Å². The summed E-state index contributed by atoms with van der Waals surface area (Å²) in [5.41, 5.74) is 1.81. The van der Waals surface area contributed by atoms with E-state index < -0.39 is 70.4 Å². The van der Waals surface area contributed by atoms with E-state index in [9.17, 15) is 39.9 Å². The second kappa shape index (κ2) is 8.20. The van der Waals surface area contributed by atoms with Crippen molar-refractivity contribution in [2.45, 2.75) is 62.6 Å². The summed E-state index contributed by atoms with van der Waals surface area (Å²) >= 11 is 0. The van der Waals surface area contributed by atoms with Crippen LogP contribution in [-0.2, 0) is 14.4 Å². The first-order valence-electron chi connectivity index (χ1n) is 12.1. The molecule has 5 rings (SSSR count). The monoisotopic (exact) mass is 483 g/mol. The molecule has 35 heavy (non-hydrogen) atoms. The number of Topliss-reactive ketones (excluding diaryl/α,β-unsaturated/α-hetero) is 2. The van der Waals surface area contributed by atoms with E-state index in [1.54, 1.807) is 12.1 Å². The van der Waals surface area contributed by atoms with Crippen molar-refractivity contribution in [1.29, 1.82) is 0 Å². The van der Waals surface area contributed by atoms with Crippen LogP contribution in [-0.4, -0.2) is 54.7 Å². The molecule has 1 aromatic carbocycles. The maximum Gasteiger partial charge on any atom is 0.255 e. The Morgan fingerprint density at radius 1 is 1.09 bits per heavy atom. The first-order valence-corrected chi connectivity index (χ1v) is 12.1. The molecule has 0 aliphatic heterocycles. The van der Waals surface area contributed by atoms with Crippen LogP contribution >= 0.6 is 0 Å². The number of carbonyl (C=O) groups excluding carboxylic acids is 3. The van der Waals surface area contributed by atoms with Gasteiger partial charge in [-0.2, -0.15) is 0 Å².